The van der Waals surface area contributed by atoms with E-state index in [9.17, 15) is 26.7 Å². The van der Waals surface area contributed by atoms with Crippen LogP contribution in [0.2, 0.25) is 0 Å². The number of thioether (sulfide) groups is 1. The van der Waals surface area contributed by atoms with Crippen molar-refractivity contribution >= 4 is 27.5 Å². The maximum atomic E-state index is 13.2. The molecule has 0 bridgehead atoms. The highest BCUT2D eigenvalue weighted by Crippen LogP contribution is 2.42. The first-order valence-electron chi connectivity index (χ1n) is 7.29. The van der Waals surface area contributed by atoms with Crippen molar-refractivity contribution in [3.63, 3.8) is 0 Å². The van der Waals surface area contributed by atoms with Crippen LogP contribution in [0, 0.1) is 0 Å². The summed E-state index contributed by atoms with van der Waals surface area (Å²) in [5.41, 5.74) is -2.48. The van der Waals surface area contributed by atoms with Crippen molar-refractivity contribution in [2.45, 2.75) is 41.7 Å². The van der Waals surface area contributed by atoms with Crippen LogP contribution in [-0.2, 0) is 16.2 Å². The molecule has 4 N–H and O–H groups in total. The third-order valence-electron chi connectivity index (χ3n) is 4.02. The Hall–Kier alpha value is -0.970. The van der Waals surface area contributed by atoms with E-state index in [0.717, 1.165) is 24.3 Å². The van der Waals surface area contributed by atoms with Crippen molar-refractivity contribution in [1.82, 2.24) is 0 Å². The fraction of sp³-hybridized carbons (Fsp3) is 0.571. The second kappa shape index (κ2) is 6.74. The summed E-state index contributed by atoms with van der Waals surface area (Å²) < 4.78 is 62.1. The second-order valence-corrected chi connectivity index (χ2v) is 8.73. The van der Waals surface area contributed by atoms with E-state index >= 15 is 0 Å². The van der Waals surface area contributed by atoms with E-state index in [2.05, 4.69) is 5.32 Å². The molecule has 1 aliphatic rings. The van der Waals surface area contributed by atoms with Gasteiger partial charge in [-0.25, -0.2) is 13.6 Å². The van der Waals surface area contributed by atoms with Gasteiger partial charge in [-0.2, -0.15) is 24.9 Å². The Balaban J connectivity index is 2.24. The standard InChI is InChI=1S/C14H19F3N2O3S2/c1-2-23-12-5-6-13(12,20)8-19-11-4-3-9(24(18,21)22)7-10(11)14(15,16)17/h3-4,7,12,19-20H,2,5-6,8H2,1H3,(H2,18,21,22). The van der Waals surface area contributed by atoms with Gasteiger partial charge in [0.05, 0.1) is 16.1 Å². The number of nitrogens with two attached hydrogens (primary N) is 1. The Morgan fingerprint density at radius 3 is 2.58 bits per heavy atom. The molecule has 5 nitrogen and oxygen atoms in total. The number of aliphatic hydroxyl groups is 1. The monoisotopic (exact) mass is 384 g/mol. The van der Waals surface area contributed by atoms with Crippen LogP contribution >= 0.6 is 11.8 Å². The molecular weight excluding hydrogens is 365 g/mol. The van der Waals surface area contributed by atoms with Crippen molar-refractivity contribution in [2.24, 2.45) is 5.14 Å². The Labute approximate surface area is 142 Å². The highest BCUT2D eigenvalue weighted by atomic mass is 32.2. The lowest BCUT2D eigenvalue weighted by Gasteiger charge is -2.45. The van der Waals surface area contributed by atoms with Gasteiger partial charge in [-0.15, -0.1) is 0 Å². The molecule has 2 rings (SSSR count). The highest BCUT2D eigenvalue weighted by molar-refractivity contribution is 8.00. The molecule has 1 aliphatic carbocycles. The summed E-state index contributed by atoms with van der Waals surface area (Å²) in [6.45, 7) is 1.91. The fourth-order valence-electron chi connectivity index (χ4n) is 2.57. The molecule has 0 aromatic heterocycles. The molecule has 0 spiro atoms. The number of sulfonamides is 1. The van der Waals surface area contributed by atoms with Gasteiger partial charge in [0, 0.05) is 17.5 Å². The smallest absolute Gasteiger partial charge is 0.387 e. The van der Waals surface area contributed by atoms with Gasteiger partial charge in [-0.05, 0) is 36.8 Å². The molecule has 24 heavy (non-hydrogen) atoms. The Morgan fingerprint density at radius 1 is 1.46 bits per heavy atom. The van der Waals surface area contributed by atoms with E-state index in [-0.39, 0.29) is 17.5 Å². The van der Waals surface area contributed by atoms with Gasteiger partial charge in [-0.1, -0.05) is 6.92 Å². The number of nitrogens with one attached hydrogen (secondary N) is 1. The van der Waals surface area contributed by atoms with Gasteiger partial charge < -0.3 is 10.4 Å². The van der Waals surface area contributed by atoms with E-state index in [0.29, 0.717) is 12.5 Å². The van der Waals surface area contributed by atoms with E-state index in [4.69, 9.17) is 5.14 Å². The van der Waals surface area contributed by atoms with E-state index < -0.39 is 32.3 Å². The average Bonchev–Trinajstić information content (AvgIpc) is 2.47. The number of benzene rings is 1. The van der Waals surface area contributed by atoms with E-state index in [1.165, 1.54) is 0 Å². The van der Waals surface area contributed by atoms with Crippen LogP contribution in [0.15, 0.2) is 23.1 Å². The zero-order valence-electron chi connectivity index (χ0n) is 12.9. The molecule has 2 atom stereocenters. The van der Waals surface area contributed by atoms with E-state index in [1.54, 1.807) is 11.8 Å². The lowest BCUT2D eigenvalue weighted by atomic mass is 9.79. The molecule has 0 radical (unpaired) electrons. The number of halogens is 3. The molecule has 0 saturated heterocycles. The summed E-state index contributed by atoms with van der Waals surface area (Å²) in [5, 5.41) is 17.9. The van der Waals surface area contributed by atoms with Gasteiger partial charge in [0.15, 0.2) is 0 Å². The number of anilines is 1. The molecule has 1 aromatic carbocycles. The van der Waals surface area contributed by atoms with Crippen LogP contribution in [0.25, 0.3) is 0 Å². The molecule has 136 valence electrons. The summed E-state index contributed by atoms with van der Waals surface area (Å²) in [6, 6.07) is 2.53. The molecule has 1 saturated carbocycles. The van der Waals surface area contributed by atoms with Crippen LogP contribution in [0.3, 0.4) is 0 Å². The third-order valence-corrected chi connectivity index (χ3v) is 6.34. The Bertz CT molecular complexity index is 710. The van der Waals surface area contributed by atoms with Crippen molar-refractivity contribution in [1.29, 1.82) is 0 Å². The number of hydrogen-bond donors (Lipinski definition) is 3. The van der Waals surface area contributed by atoms with Crippen LogP contribution in [-0.4, -0.2) is 36.7 Å². The van der Waals surface area contributed by atoms with Crippen LogP contribution < -0.4 is 10.5 Å². The SMILES string of the molecule is CCSC1CCC1(O)CNc1ccc(S(N)(=O)=O)cc1C(F)(F)F. The summed E-state index contributed by atoms with van der Waals surface area (Å²) in [5.74, 6) is 0.809. The van der Waals surface area contributed by atoms with Gasteiger partial charge in [0.25, 0.3) is 0 Å². The van der Waals surface area contributed by atoms with Crippen molar-refractivity contribution in [2.75, 3.05) is 17.6 Å². The molecule has 0 heterocycles. The van der Waals surface area contributed by atoms with Crippen molar-refractivity contribution in [3.05, 3.63) is 23.8 Å². The summed E-state index contributed by atoms with van der Waals surface area (Å²) >= 11 is 1.57. The Morgan fingerprint density at radius 2 is 2.12 bits per heavy atom. The summed E-state index contributed by atoms with van der Waals surface area (Å²) in [6.07, 6.45) is -3.43. The molecule has 2 unspecified atom stereocenters. The van der Waals surface area contributed by atoms with Crippen LogP contribution in [0.1, 0.15) is 25.3 Å². The lowest BCUT2D eigenvalue weighted by Crippen LogP contribution is -2.54. The predicted octanol–water partition coefficient (Wildman–Crippen LogP) is 2.41. The first kappa shape index (κ1) is 19.4. The fourth-order valence-corrected chi connectivity index (χ4v) is 4.31. The van der Waals surface area contributed by atoms with Crippen molar-refractivity contribution in [3.8, 4) is 0 Å². The zero-order valence-corrected chi connectivity index (χ0v) is 14.6. The van der Waals surface area contributed by atoms with Gasteiger partial charge in [0.2, 0.25) is 10.0 Å². The lowest BCUT2D eigenvalue weighted by molar-refractivity contribution is -0.137. The minimum absolute atomic E-state index is 0.0203. The van der Waals surface area contributed by atoms with Gasteiger partial charge in [-0.3, -0.25) is 0 Å². The van der Waals surface area contributed by atoms with Gasteiger partial charge in [0.1, 0.15) is 0 Å². The molecular formula is C14H19F3N2O3S2. The maximum Gasteiger partial charge on any atom is 0.418 e. The minimum atomic E-state index is -4.75. The van der Waals surface area contributed by atoms with E-state index in [1.807, 2.05) is 6.92 Å². The number of primary sulfonamides is 1. The van der Waals surface area contributed by atoms with Crippen LogP contribution in [0.4, 0.5) is 18.9 Å². The quantitative estimate of drug-likeness (QED) is 0.701. The number of hydrogen-bond acceptors (Lipinski definition) is 5. The molecule has 1 aromatic rings. The first-order valence-corrected chi connectivity index (χ1v) is 9.89. The minimum Gasteiger partial charge on any atom is -0.387 e. The first-order chi connectivity index (χ1) is 11.0. The molecule has 0 aliphatic heterocycles. The third kappa shape index (κ3) is 4.16. The summed E-state index contributed by atoms with van der Waals surface area (Å²) in [7, 11) is -4.24. The highest BCUT2D eigenvalue weighted by Gasteiger charge is 2.45. The number of rotatable bonds is 6. The largest absolute Gasteiger partial charge is 0.418 e. The summed E-state index contributed by atoms with van der Waals surface area (Å²) in [4.78, 5) is -0.609. The van der Waals surface area contributed by atoms with Crippen molar-refractivity contribution < 1.29 is 26.7 Å². The topological polar surface area (TPSA) is 92.4 Å². The Kier molecular flexibility index (Phi) is 5.43. The maximum absolute atomic E-state index is 13.2. The van der Waals surface area contributed by atoms with Gasteiger partial charge >= 0.3 is 6.18 Å². The number of alkyl halides is 3. The second-order valence-electron chi connectivity index (χ2n) is 5.69. The average molecular weight is 384 g/mol. The predicted molar refractivity (Wildman–Crippen MR) is 87.4 cm³/mol. The molecule has 0 amide bonds. The molecule has 10 heteroatoms. The van der Waals surface area contributed by atoms with Crippen LogP contribution in [0.5, 0.6) is 0 Å². The molecule has 1 fully saturated rings. The zero-order chi connectivity index (χ0) is 18.2. The normalized spacial score (nSPS) is 24.5.